The molecule has 1 aliphatic heterocycles. The predicted octanol–water partition coefficient (Wildman–Crippen LogP) is 1.90. The highest BCUT2D eigenvalue weighted by molar-refractivity contribution is 7.92. The number of hydrogen-bond acceptors (Lipinski definition) is 7. The lowest BCUT2D eigenvalue weighted by Crippen LogP contribution is -2.41. The summed E-state index contributed by atoms with van der Waals surface area (Å²) in [6, 6.07) is 2.99. The first-order valence-corrected chi connectivity index (χ1v) is 11.5. The average Bonchev–Trinajstić information content (AvgIpc) is 2.77. The van der Waals surface area contributed by atoms with Crippen molar-refractivity contribution in [3.8, 4) is 11.5 Å². The monoisotopic (exact) mass is 442 g/mol. The molecule has 0 bridgehead atoms. The zero-order chi connectivity index (χ0) is 22.5. The Morgan fingerprint density at radius 1 is 1.10 bits per heavy atom. The molecule has 1 aromatic carbocycles. The van der Waals surface area contributed by atoms with Gasteiger partial charge in [0.25, 0.3) is 5.91 Å². The second-order valence-corrected chi connectivity index (χ2v) is 9.20. The van der Waals surface area contributed by atoms with Gasteiger partial charge in [-0.15, -0.1) is 0 Å². The Bertz CT molecular complexity index is 877. The number of amides is 1. The van der Waals surface area contributed by atoms with Gasteiger partial charge in [0.2, 0.25) is 10.0 Å². The molecule has 0 atom stereocenters. The van der Waals surface area contributed by atoms with E-state index in [2.05, 4.69) is 0 Å². The van der Waals surface area contributed by atoms with Crippen LogP contribution in [0, 0.1) is 5.92 Å². The van der Waals surface area contributed by atoms with Crippen LogP contribution >= 0.6 is 0 Å². The first-order chi connectivity index (χ1) is 14.2. The maximum absolute atomic E-state index is 13.3. The highest BCUT2D eigenvalue weighted by atomic mass is 32.2. The van der Waals surface area contributed by atoms with E-state index < -0.39 is 10.0 Å². The Hall–Kier alpha value is -2.49. The summed E-state index contributed by atoms with van der Waals surface area (Å²) >= 11 is 0. The van der Waals surface area contributed by atoms with Gasteiger partial charge in [-0.3, -0.25) is 13.9 Å². The summed E-state index contributed by atoms with van der Waals surface area (Å²) in [7, 11) is 0.692. The third kappa shape index (κ3) is 4.97. The summed E-state index contributed by atoms with van der Waals surface area (Å²) in [5, 5.41) is 0. The Morgan fingerprint density at radius 2 is 1.67 bits per heavy atom. The Kier molecular flexibility index (Phi) is 7.94. The number of methoxy groups -OCH3 is 2. The highest BCUT2D eigenvalue weighted by Gasteiger charge is 2.32. The summed E-state index contributed by atoms with van der Waals surface area (Å²) in [5.41, 5.74) is 0.411. The predicted molar refractivity (Wildman–Crippen MR) is 113 cm³/mol. The number of esters is 1. The first-order valence-electron chi connectivity index (χ1n) is 9.88. The summed E-state index contributed by atoms with van der Waals surface area (Å²) in [5.74, 6) is -0.272. The van der Waals surface area contributed by atoms with Crippen molar-refractivity contribution >= 4 is 27.6 Å². The van der Waals surface area contributed by atoms with Crippen LogP contribution in [0.2, 0.25) is 0 Å². The number of nitrogens with zero attached hydrogens (tertiary/aromatic N) is 2. The van der Waals surface area contributed by atoms with E-state index in [0.717, 1.165) is 4.31 Å². The molecule has 1 saturated heterocycles. The van der Waals surface area contributed by atoms with Gasteiger partial charge in [-0.1, -0.05) is 0 Å². The van der Waals surface area contributed by atoms with Crippen LogP contribution in [0.1, 0.15) is 37.0 Å². The number of likely N-dealkylation sites (tertiary alicyclic amines) is 1. The van der Waals surface area contributed by atoms with Gasteiger partial charge in [0.05, 0.1) is 43.7 Å². The summed E-state index contributed by atoms with van der Waals surface area (Å²) < 4.78 is 41.7. The molecule has 0 unspecified atom stereocenters. The normalized spacial score (nSPS) is 14.9. The Labute approximate surface area is 177 Å². The summed E-state index contributed by atoms with van der Waals surface area (Å²) in [6.07, 6.45) is 0.993. The van der Waals surface area contributed by atoms with Crippen molar-refractivity contribution in [2.45, 2.75) is 26.7 Å². The maximum atomic E-state index is 13.3. The van der Waals surface area contributed by atoms with Crippen LogP contribution in [0.25, 0.3) is 0 Å². The minimum atomic E-state index is -3.60. The topological polar surface area (TPSA) is 102 Å². The molecule has 0 saturated carbocycles. The number of anilines is 1. The van der Waals surface area contributed by atoms with Crippen molar-refractivity contribution in [3.05, 3.63) is 17.7 Å². The summed E-state index contributed by atoms with van der Waals surface area (Å²) in [4.78, 5) is 26.9. The van der Waals surface area contributed by atoms with E-state index in [0.29, 0.717) is 44.0 Å². The van der Waals surface area contributed by atoms with E-state index in [9.17, 15) is 18.0 Å². The molecule has 1 amide bonds. The maximum Gasteiger partial charge on any atom is 0.309 e. The number of ether oxygens (including phenoxy) is 3. The SMILES string of the molecule is CCOC(=O)C1CCN(C(=O)c2cc(OC)c(OC)cc2N(C)S(=O)(=O)CC)CC1. The van der Waals surface area contributed by atoms with Crippen LogP contribution in [0.3, 0.4) is 0 Å². The molecular formula is C20H30N2O7S. The second-order valence-electron chi connectivity index (χ2n) is 6.91. The summed E-state index contributed by atoms with van der Waals surface area (Å²) in [6.45, 7) is 4.37. The molecule has 0 aromatic heterocycles. The van der Waals surface area contributed by atoms with E-state index in [1.165, 1.54) is 40.3 Å². The number of rotatable bonds is 8. The molecule has 2 rings (SSSR count). The van der Waals surface area contributed by atoms with Gasteiger partial charge in [0.1, 0.15) is 0 Å². The van der Waals surface area contributed by atoms with Crippen molar-refractivity contribution in [2.24, 2.45) is 5.92 Å². The quantitative estimate of drug-likeness (QED) is 0.567. The van der Waals surface area contributed by atoms with Crippen molar-refractivity contribution in [1.82, 2.24) is 4.90 Å². The van der Waals surface area contributed by atoms with Gasteiger partial charge >= 0.3 is 5.97 Å². The van der Waals surface area contributed by atoms with Gasteiger partial charge < -0.3 is 19.1 Å². The van der Waals surface area contributed by atoms with E-state index in [4.69, 9.17) is 14.2 Å². The Balaban J connectivity index is 2.37. The molecule has 1 heterocycles. The van der Waals surface area contributed by atoms with Crippen LogP contribution in [-0.4, -0.2) is 71.9 Å². The fourth-order valence-electron chi connectivity index (χ4n) is 3.39. The molecule has 1 aromatic rings. The Morgan fingerprint density at radius 3 is 2.17 bits per heavy atom. The van der Waals surface area contributed by atoms with Gasteiger partial charge in [-0.25, -0.2) is 8.42 Å². The third-order valence-electron chi connectivity index (χ3n) is 5.26. The van der Waals surface area contributed by atoms with Crippen molar-refractivity contribution in [2.75, 3.05) is 51.0 Å². The lowest BCUT2D eigenvalue weighted by molar-refractivity contribution is -0.149. The van der Waals surface area contributed by atoms with Crippen molar-refractivity contribution in [3.63, 3.8) is 0 Å². The number of carbonyl (C=O) groups is 2. The molecule has 0 N–H and O–H groups in total. The number of carbonyl (C=O) groups excluding carboxylic acids is 2. The largest absolute Gasteiger partial charge is 0.493 e. The molecule has 1 fully saturated rings. The molecule has 10 heteroatoms. The molecule has 30 heavy (non-hydrogen) atoms. The standard InChI is InChI=1S/C20H30N2O7S/c1-6-29-20(24)14-8-10-22(11-9-14)19(23)15-12-17(27-4)18(28-5)13-16(15)21(3)30(25,26)7-2/h12-14H,6-11H2,1-5H3. The fourth-order valence-corrected chi connectivity index (χ4v) is 4.23. The average molecular weight is 443 g/mol. The van der Waals surface area contributed by atoms with Crippen LogP contribution in [0.15, 0.2) is 12.1 Å². The van der Waals surface area contributed by atoms with E-state index >= 15 is 0 Å². The van der Waals surface area contributed by atoms with E-state index in [1.54, 1.807) is 11.8 Å². The first kappa shape index (κ1) is 23.8. The minimum absolute atomic E-state index is 0.115. The molecule has 0 radical (unpaired) electrons. The number of piperidine rings is 1. The van der Waals surface area contributed by atoms with Crippen LogP contribution in [0.5, 0.6) is 11.5 Å². The zero-order valence-electron chi connectivity index (χ0n) is 18.1. The lowest BCUT2D eigenvalue weighted by Gasteiger charge is -2.32. The lowest BCUT2D eigenvalue weighted by atomic mass is 9.96. The second kappa shape index (κ2) is 10.0. The van der Waals surface area contributed by atoms with Gasteiger partial charge in [-0.2, -0.15) is 0 Å². The zero-order valence-corrected chi connectivity index (χ0v) is 19.0. The molecule has 168 valence electrons. The van der Waals surface area contributed by atoms with E-state index in [1.807, 2.05) is 0 Å². The highest BCUT2D eigenvalue weighted by Crippen LogP contribution is 2.37. The molecule has 9 nitrogen and oxygen atoms in total. The molecule has 1 aliphatic rings. The van der Waals surface area contributed by atoms with Crippen molar-refractivity contribution in [1.29, 1.82) is 0 Å². The fraction of sp³-hybridized carbons (Fsp3) is 0.600. The number of sulfonamides is 1. The van der Waals surface area contributed by atoms with Crippen LogP contribution < -0.4 is 13.8 Å². The molecule has 0 spiro atoms. The smallest absolute Gasteiger partial charge is 0.309 e. The number of benzene rings is 1. The third-order valence-corrected chi connectivity index (χ3v) is 7.02. The van der Waals surface area contributed by atoms with Crippen LogP contribution in [0.4, 0.5) is 5.69 Å². The van der Waals surface area contributed by atoms with Gasteiger partial charge in [0, 0.05) is 26.2 Å². The minimum Gasteiger partial charge on any atom is -0.493 e. The van der Waals surface area contributed by atoms with Crippen molar-refractivity contribution < 1.29 is 32.2 Å². The van der Waals surface area contributed by atoms with Gasteiger partial charge in [0.15, 0.2) is 11.5 Å². The van der Waals surface area contributed by atoms with Crippen LogP contribution in [-0.2, 0) is 19.6 Å². The van der Waals surface area contributed by atoms with E-state index in [-0.39, 0.29) is 34.8 Å². The number of hydrogen-bond donors (Lipinski definition) is 0. The van der Waals surface area contributed by atoms with Gasteiger partial charge in [-0.05, 0) is 32.8 Å². The molecular weight excluding hydrogens is 412 g/mol. The molecule has 0 aliphatic carbocycles.